The first-order valence-corrected chi connectivity index (χ1v) is 11.6. The van der Waals surface area contributed by atoms with E-state index in [1.165, 1.54) is 77.0 Å². The molecule has 0 aromatic carbocycles. The third kappa shape index (κ3) is 19.9. The number of rotatable bonds is 21. The topological polar surface area (TPSA) is 55.8 Å². The van der Waals surface area contributed by atoms with E-state index in [1.807, 2.05) is 0 Å². The highest BCUT2D eigenvalue weighted by atomic mass is 16.6. The number of unbranched alkanes of at least 4 members (excludes halogenated alkanes) is 13. The number of aliphatic hydroxyl groups is 1. The molecule has 0 fully saturated rings. The molecule has 0 bridgehead atoms. The van der Waals surface area contributed by atoms with Gasteiger partial charge in [0.25, 0.3) is 0 Å². The summed E-state index contributed by atoms with van der Waals surface area (Å²) in [4.78, 5) is 11.9. The van der Waals surface area contributed by atoms with Crippen molar-refractivity contribution in [1.82, 2.24) is 0 Å². The lowest BCUT2D eigenvalue weighted by atomic mass is 10.1. The van der Waals surface area contributed by atoms with E-state index in [-0.39, 0.29) is 12.6 Å². The fourth-order valence-electron chi connectivity index (χ4n) is 3.15. The number of hydrogen-bond donors (Lipinski definition) is 1. The van der Waals surface area contributed by atoms with Crippen molar-refractivity contribution in [2.45, 2.75) is 123 Å². The molecule has 1 atom stereocenters. The summed E-state index contributed by atoms with van der Waals surface area (Å²) in [5.74, 6) is -0.209. The minimum Gasteiger partial charge on any atom is -0.457 e. The summed E-state index contributed by atoms with van der Waals surface area (Å²) >= 11 is 0. The molecule has 0 saturated heterocycles. The van der Waals surface area contributed by atoms with Gasteiger partial charge in [-0.25, -0.2) is 0 Å². The molecule has 27 heavy (non-hydrogen) atoms. The molecule has 1 unspecified atom stereocenters. The van der Waals surface area contributed by atoms with Crippen LogP contribution in [0.2, 0.25) is 0 Å². The molecule has 0 aliphatic carbocycles. The number of ether oxygens (including phenoxy) is 2. The van der Waals surface area contributed by atoms with Crippen LogP contribution in [0, 0.1) is 0 Å². The molecule has 0 aromatic rings. The first-order chi connectivity index (χ1) is 13.2. The Hall–Kier alpha value is -0.610. The maximum Gasteiger partial charge on any atom is 0.306 e. The van der Waals surface area contributed by atoms with Crippen molar-refractivity contribution in [3.8, 4) is 0 Å². The molecule has 0 amide bonds. The van der Waals surface area contributed by atoms with E-state index in [0.717, 1.165) is 19.3 Å². The standard InChI is InChI=1S/C23H46O4/c1-3-5-7-9-11-12-14-16-18-23(25)27-22(20-24)21-26-19-17-15-13-10-8-6-4-2/h22,24H,3-21H2,1-2H3. The highest BCUT2D eigenvalue weighted by Gasteiger charge is 2.13. The van der Waals surface area contributed by atoms with Gasteiger partial charge >= 0.3 is 5.97 Å². The Labute approximate surface area is 168 Å². The van der Waals surface area contributed by atoms with Gasteiger partial charge in [0.15, 0.2) is 0 Å². The summed E-state index contributed by atoms with van der Waals surface area (Å²) in [5.41, 5.74) is 0. The number of esters is 1. The second-order valence-corrected chi connectivity index (χ2v) is 7.72. The molecule has 0 aliphatic rings. The molecule has 1 N–H and O–H groups in total. The van der Waals surface area contributed by atoms with Gasteiger partial charge in [-0.15, -0.1) is 0 Å². The van der Waals surface area contributed by atoms with E-state index in [0.29, 0.717) is 19.6 Å². The maximum absolute atomic E-state index is 11.9. The Morgan fingerprint density at radius 3 is 1.74 bits per heavy atom. The van der Waals surface area contributed by atoms with Gasteiger partial charge in [-0.05, 0) is 12.8 Å². The minimum absolute atomic E-state index is 0.166. The third-order valence-electron chi connectivity index (χ3n) is 4.93. The summed E-state index contributed by atoms with van der Waals surface area (Å²) in [7, 11) is 0. The van der Waals surface area contributed by atoms with E-state index in [2.05, 4.69) is 13.8 Å². The quantitative estimate of drug-likeness (QED) is 0.189. The van der Waals surface area contributed by atoms with Crippen molar-refractivity contribution < 1.29 is 19.4 Å². The van der Waals surface area contributed by atoms with E-state index in [4.69, 9.17) is 9.47 Å². The van der Waals surface area contributed by atoms with Gasteiger partial charge in [0.1, 0.15) is 6.10 Å². The van der Waals surface area contributed by atoms with Crippen molar-refractivity contribution in [2.75, 3.05) is 19.8 Å². The van der Waals surface area contributed by atoms with Crippen molar-refractivity contribution in [3.63, 3.8) is 0 Å². The zero-order chi connectivity index (χ0) is 20.0. The Balaban J connectivity index is 3.48. The van der Waals surface area contributed by atoms with Crippen molar-refractivity contribution >= 4 is 5.97 Å². The smallest absolute Gasteiger partial charge is 0.306 e. The Bertz CT molecular complexity index is 307. The van der Waals surface area contributed by atoms with Gasteiger partial charge in [-0.1, -0.05) is 97.3 Å². The number of carbonyl (C=O) groups is 1. The van der Waals surface area contributed by atoms with Gasteiger partial charge < -0.3 is 14.6 Å². The first kappa shape index (κ1) is 26.4. The van der Waals surface area contributed by atoms with E-state index in [1.54, 1.807) is 0 Å². The molecule has 0 radical (unpaired) electrons. The average molecular weight is 387 g/mol. The highest BCUT2D eigenvalue weighted by molar-refractivity contribution is 5.69. The number of hydrogen-bond acceptors (Lipinski definition) is 4. The normalized spacial score (nSPS) is 12.3. The lowest BCUT2D eigenvalue weighted by Crippen LogP contribution is -2.27. The van der Waals surface area contributed by atoms with E-state index >= 15 is 0 Å². The molecule has 0 saturated carbocycles. The van der Waals surface area contributed by atoms with Gasteiger partial charge in [0.2, 0.25) is 0 Å². The van der Waals surface area contributed by atoms with Crippen molar-refractivity contribution in [2.24, 2.45) is 0 Å². The van der Waals surface area contributed by atoms with Gasteiger partial charge in [-0.3, -0.25) is 4.79 Å². The van der Waals surface area contributed by atoms with Crippen LogP contribution in [0.25, 0.3) is 0 Å². The molecule has 4 heteroatoms. The lowest BCUT2D eigenvalue weighted by molar-refractivity contribution is -0.154. The van der Waals surface area contributed by atoms with E-state index < -0.39 is 6.10 Å². The number of aliphatic hydroxyl groups excluding tert-OH is 1. The maximum atomic E-state index is 11.9. The predicted octanol–water partition coefficient (Wildman–Crippen LogP) is 6.19. The Kier molecular flexibility index (Phi) is 21.2. The second-order valence-electron chi connectivity index (χ2n) is 7.72. The molecule has 0 aliphatic heterocycles. The van der Waals surface area contributed by atoms with Gasteiger partial charge in [0.05, 0.1) is 13.2 Å². The molecule has 4 nitrogen and oxygen atoms in total. The highest BCUT2D eigenvalue weighted by Crippen LogP contribution is 2.11. The molecule has 162 valence electrons. The monoisotopic (exact) mass is 386 g/mol. The average Bonchev–Trinajstić information content (AvgIpc) is 2.67. The van der Waals surface area contributed by atoms with Gasteiger partial charge in [0, 0.05) is 13.0 Å². The van der Waals surface area contributed by atoms with Crippen LogP contribution in [0.15, 0.2) is 0 Å². The molecular formula is C23H46O4. The molecule has 0 spiro atoms. The molecule has 0 rings (SSSR count). The molecule has 0 heterocycles. The Morgan fingerprint density at radius 2 is 1.22 bits per heavy atom. The number of carbonyl (C=O) groups excluding carboxylic acids is 1. The summed E-state index contributed by atoms with van der Waals surface area (Å²) in [6.45, 7) is 5.27. The van der Waals surface area contributed by atoms with Crippen LogP contribution in [0.5, 0.6) is 0 Å². The van der Waals surface area contributed by atoms with Crippen LogP contribution in [0.4, 0.5) is 0 Å². The predicted molar refractivity (Wildman–Crippen MR) is 113 cm³/mol. The van der Waals surface area contributed by atoms with E-state index in [9.17, 15) is 9.90 Å². The van der Waals surface area contributed by atoms with Gasteiger partial charge in [-0.2, -0.15) is 0 Å². The second kappa shape index (κ2) is 21.7. The fraction of sp³-hybridized carbons (Fsp3) is 0.957. The van der Waals surface area contributed by atoms with Crippen LogP contribution in [0.1, 0.15) is 117 Å². The summed E-state index contributed by atoms with van der Waals surface area (Å²) < 4.78 is 10.9. The summed E-state index contributed by atoms with van der Waals surface area (Å²) in [6.07, 6.45) is 18.3. The van der Waals surface area contributed by atoms with Crippen LogP contribution >= 0.6 is 0 Å². The summed E-state index contributed by atoms with van der Waals surface area (Å²) in [6, 6.07) is 0. The largest absolute Gasteiger partial charge is 0.457 e. The third-order valence-corrected chi connectivity index (χ3v) is 4.93. The first-order valence-electron chi connectivity index (χ1n) is 11.6. The summed E-state index contributed by atoms with van der Waals surface area (Å²) in [5, 5.41) is 9.35. The SMILES string of the molecule is CCCCCCCCCCC(=O)OC(CO)COCCCCCCCCC. The van der Waals surface area contributed by atoms with Crippen LogP contribution in [0.3, 0.4) is 0 Å². The van der Waals surface area contributed by atoms with Crippen LogP contribution in [-0.2, 0) is 14.3 Å². The zero-order valence-corrected chi connectivity index (χ0v) is 18.2. The zero-order valence-electron chi connectivity index (χ0n) is 18.2. The van der Waals surface area contributed by atoms with Crippen LogP contribution in [-0.4, -0.2) is 37.0 Å². The van der Waals surface area contributed by atoms with Crippen LogP contribution < -0.4 is 0 Å². The minimum atomic E-state index is -0.518. The lowest BCUT2D eigenvalue weighted by Gasteiger charge is -2.15. The van der Waals surface area contributed by atoms with Crippen molar-refractivity contribution in [1.29, 1.82) is 0 Å². The Morgan fingerprint density at radius 1 is 0.741 bits per heavy atom. The van der Waals surface area contributed by atoms with Crippen molar-refractivity contribution in [3.05, 3.63) is 0 Å². The molecule has 0 aromatic heterocycles. The molecular weight excluding hydrogens is 340 g/mol. The fourth-order valence-corrected chi connectivity index (χ4v) is 3.15.